The van der Waals surface area contributed by atoms with Crippen molar-refractivity contribution in [3.8, 4) is 11.5 Å². The van der Waals surface area contributed by atoms with Gasteiger partial charge in [-0.3, -0.25) is 9.52 Å². The second-order valence-corrected chi connectivity index (χ2v) is 9.05. The molecule has 160 valence electrons. The largest absolute Gasteiger partial charge is 0.454 e. The number of benzene rings is 3. The number of carbonyl (C=O) groups excluding carboxylic acids is 1. The average Bonchev–Trinajstić information content (AvgIpc) is 3.21. The van der Waals surface area contributed by atoms with Crippen molar-refractivity contribution in [3.63, 3.8) is 0 Å². The summed E-state index contributed by atoms with van der Waals surface area (Å²) in [5.41, 5.74) is 1.89. The lowest BCUT2D eigenvalue weighted by atomic mass is 10.1. The molecule has 1 heterocycles. The number of hydrogen-bond donors (Lipinski definition) is 2. The molecule has 0 fully saturated rings. The first-order valence-electron chi connectivity index (χ1n) is 9.38. The summed E-state index contributed by atoms with van der Waals surface area (Å²) < 4.78 is 38.8. The van der Waals surface area contributed by atoms with Gasteiger partial charge in [-0.2, -0.15) is 0 Å². The topological polar surface area (TPSA) is 93.7 Å². The fraction of sp³-hybridized carbons (Fsp3) is 0.136. The fourth-order valence-electron chi connectivity index (χ4n) is 3.13. The number of carbonyl (C=O) groups is 1. The van der Waals surface area contributed by atoms with Gasteiger partial charge in [0.05, 0.1) is 16.1 Å². The third-order valence-corrected chi connectivity index (χ3v) is 6.39. The molecule has 0 aliphatic carbocycles. The average molecular weight is 459 g/mol. The first kappa shape index (κ1) is 21.0. The molecule has 0 saturated heterocycles. The number of anilines is 1. The minimum absolute atomic E-state index is 0.0480. The SMILES string of the molecule is Cc1cccc(C(=O)NCc2ccc3c(c2)OCO3)c1NS(=O)(=O)c1ccc(Cl)cc1. The Morgan fingerprint density at radius 3 is 2.55 bits per heavy atom. The van der Waals surface area contributed by atoms with Crippen molar-refractivity contribution in [1.82, 2.24) is 5.32 Å². The lowest BCUT2D eigenvalue weighted by molar-refractivity contribution is 0.0951. The van der Waals surface area contributed by atoms with E-state index in [1.165, 1.54) is 24.3 Å². The third kappa shape index (κ3) is 4.60. The molecular weight excluding hydrogens is 440 g/mol. The molecular formula is C22H19ClN2O5S. The Morgan fingerprint density at radius 2 is 1.77 bits per heavy atom. The van der Waals surface area contributed by atoms with E-state index in [-0.39, 0.29) is 29.5 Å². The number of fused-ring (bicyclic) bond motifs is 1. The van der Waals surface area contributed by atoms with Crippen LogP contribution in [0.2, 0.25) is 5.02 Å². The number of amides is 1. The van der Waals surface area contributed by atoms with Gasteiger partial charge in [0, 0.05) is 11.6 Å². The van der Waals surface area contributed by atoms with E-state index in [1.54, 1.807) is 37.3 Å². The molecule has 1 aliphatic rings. The normalized spacial score (nSPS) is 12.5. The van der Waals surface area contributed by atoms with Crippen LogP contribution in [0.15, 0.2) is 65.6 Å². The molecule has 2 N–H and O–H groups in total. The highest BCUT2D eigenvalue weighted by Crippen LogP contribution is 2.32. The van der Waals surface area contributed by atoms with Crippen LogP contribution < -0.4 is 19.5 Å². The molecule has 3 aromatic rings. The highest BCUT2D eigenvalue weighted by Gasteiger charge is 2.21. The van der Waals surface area contributed by atoms with Crippen LogP contribution in [0.1, 0.15) is 21.5 Å². The van der Waals surface area contributed by atoms with Crippen LogP contribution in [-0.4, -0.2) is 21.1 Å². The molecule has 1 amide bonds. The van der Waals surface area contributed by atoms with Crippen molar-refractivity contribution < 1.29 is 22.7 Å². The number of para-hydroxylation sites is 1. The van der Waals surface area contributed by atoms with E-state index < -0.39 is 15.9 Å². The highest BCUT2D eigenvalue weighted by atomic mass is 35.5. The Balaban J connectivity index is 1.54. The molecule has 9 heteroatoms. The zero-order chi connectivity index (χ0) is 22.0. The number of rotatable bonds is 6. The zero-order valence-corrected chi connectivity index (χ0v) is 18.1. The van der Waals surface area contributed by atoms with Crippen molar-refractivity contribution in [2.75, 3.05) is 11.5 Å². The van der Waals surface area contributed by atoms with Crippen molar-refractivity contribution >= 4 is 33.2 Å². The van der Waals surface area contributed by atoms with E-state index in [0.29, 0.717) is 22.1 Å². The smallest absolute Gasteiger partial charge is 0.261 e. The Labute approximate surface area is 185 Å². The molecule has 3 aromatic carbocycles. The second-order valence-electron chi connectivity index (χ2n) is 6.93. The van der Waals surface area contributed by atoms with Crippen LogP contribution in [0.4, 0.5) is 5.69 Å². The van der Waals surface area contributed by atoms with E-state index in [4.69, 9.17) is 21.1 Å². The summed E-state index contributed by atoms with van der Waals surface area (Å²) in [6.07, 6.45) is 0. The summed E-state index contributed by atoms with van der Waals surface area (Å²) >= 11 is 5.85. The molecule has 0 radical (unpaired) electrons. The molecule has 0 aromatic heterocycles. The number of aryl methyl sites for hydroxylation is 1. The summed E-state index contributed by atoms with van der Waals surface area (Å²) in [5.74, 6) is 0.876. The summed E-state index contributed by atoms with van der Waals surface area (Å²) in [7, 11) is -3.90. The molecule has 31 heavy (non-hydrogen) atoms. The lowest BCUT2D eigenvalue weighted by Gasteiger charge is -2.15. The van der Waals surface area contributed by atoms with Gasteiger partial charge in [-0.05, 0) is 60.5 Å². The lowest BCUT2D eigenvalue weighted by Crippen LogP contribution is -2.25. The number of nitrogens with one attached hydrogen (secondary N) is 2. The van der Waals surface area contributed by atoms with Crippen molar-refractivity contribution in [2.45, 2.75) is 18.4 Å². The maximum absolute atomic E-state index is 12.9. The van der Waals surface area contributed by atoms with Crippen LogP contribution in [0, 0.1) is 6.92 Å². The predicted octanol–water partition coefficient (Wildman–Crippen LogP) is 4.11. The maximum atomic E-state index is 12.9. The van der Waals surface area contributed by atoms with Gasteiger partial charge in [0.1, 0.15) is 0 Å². The second kappa shape index (κ2) is 8.49. The number of ether oxygens (including phenoxy) is 2. The van der Waals surface area contributed by atoms with E-state index >= 15 is 0 Å². The number of halogens is 1. The molecule has 0 saturated carbocycles. The van der Waals surface area contributed by atoms with E-state index in [2.05, 4.69) is 10.0 Å². The van der Waals surface area contributed by atoms with E-state index in [9.17, 15) is 13.2 Å². The van der Waals surface area contributed by atoms with Crippen molar-refractivity contribution in [3.05, 3.63) is 82.4 Å². The summed E-state index contributed by atoms with van der Waals surface area (Å²) in [5, 5.41) is 3.25. The first-order chi connectivity index (χ1) is 14.8. The Kier molecular flexibility index (Phi) is 5.75. The van der Waals surface area contributed by atoms with Gasteiger partial charge in [-0.15, -0.1) is 0 Å². The van der Waals surface area contributed by atoms with Gasteiger partial charge in [0.2, 0.25) is 6.79 Å². The summed E-state index contributed by atoms with van der Waals surface area (Å²) in [6, 6.07) is 16.2. The number of hydrogen-bond acceptors (Lipinski definition) is 5. The van der Waals surface area contributed by atoms with Crippen molar-refractivity contribution in [1.29, 1.82) is 0 Å². The van der Waals surface area contributed by atoms with Crippen LogP contribution in [-0.2, 0) is 16.6 Å². The van der Waals surface area contributed by atoms with Gasteiger partial charge >= 0.3 is 0 Å². The zero-order valence-electron chi connectivity index (χ0n) is 16.5. The van der Waals surface area contributed by atoms with E-state index in [1.807, 2.05) is 6.07 Å². The Bertz CT molecular complexity index is 1240. The molecule has 0 unspecified atom stereocenters. The van der Waals surface area contributed by atoms with Crippen molar-refractivity contribution in [2.24, 2.45) is 0 Å². The molecule has 7 nitrogen and oxygen atoms in total. The van der Waals surface area contributed by atoms with Crippen LogP contribution in [0.25, 0.3) is 0 Å². The highest BCUT2D eigenvalue weighted by molar-refractivity contribution is 7.92. The molecule has 0 atom stereocenters. The van der Waals surface area contributed by atoms with Gasteiger partial charge < -0.3 is 14.8 Å². The molecule has 0 bridgehead atoms. The fourth-order valence-corrected chi connectivity index (χ4v) is 4.41. The molecule has 1 aliphatic heterocycles. The monoisotopic (exact) mass is 458 g/mol. The minimum Gasteiger partial charge on any atom is -0.454 e. The van der Waals surface area contributed by atoms with Crippen LogP contribution in [0.5, 0.6) is 11.5 Å². The van der Waals surface area contributed by atoms with Crippen LogP contribution >= 0.6 is 11.6 Å². The van der Waals surface area contributed by atoms with Gasteiger partial charge in [0.25, 0.3) is 15.9 Å². The summed E-state index contributed by atoms with van der Waals surface area (Å²) in [6.45, 7) is 2.15. The minimum atomic E-state index is -3.90. The van der Waals surface area contributed by atoms with E-state index in [0.717, 1.165) is 5.56 Å². The quantitative estimate of drug-likeness (QED) is 0.579. The molecule has 4 rings (SSSR count). The predicted molar refractivity (Wildman–Crippen MR) is 117 cm³/mol. The molecule has 0 spiro atoms. The van der Waals surface area contributed by atoms with Gasteiger partial charge in [-0.1, -0.05) is 29.8 Å². The standard InChI is InChI=1S/C22H19ClN2O5S/c1-14-3-2-4-18(21(14)25-31(27,28)17-8-6-16(23)7-9-17)22(26)24-12-15-5-10-19-20(11-15)30-13-29-19/h2-11,25H,12-13H2,1H3,(H,24,26). The summed E-state index contributed by atoms with van der Waals surface area (Å²) in [4.78, 5) is 12.9. The van der Waals surface area contributed by atoms with Gasteiger partial charge in [0.15, 0.2) is 11.5 Å². The van der Waals surface area contributed by atoms with Gasteiger partial charge in [-0.25, -0.2) is 8.42 Å². The Morgan fingerprint density at radius 1 is 1.03 bits per heavy atom. The first-order valence-corrected chi connectivity index (χ1v) is 11.2. The maximum Gasteiger partial charge on any atom is 0.261 e. The number of sulfonamides is 1. The Hall–Kier alpha value is -3.23. The third-order valence-electron chi connectivity index (χ3n) is 4.77. The van der Waals surface area contributed by atoms with Crippen LogP contribution in [0.3, 0.4) is 0 Å².